The van der Waals surface area contributed by atoms with Gasteiger partial charge in [0.25, 0.3) is 5.91 Å². The summed E-state index contributed by atoms with van der Waals surface area (Å²) in [5.41, 5.74) is -2.19. The molecule has 0 saturated carbocycles. The first kappa shape index (κ1) is 22.3. The average Bonchev–Trinajstić information content (AvgIpc) is 2.88. The number of likely N-dealkylation sites (N-methyl/N-ethyl adjacent to an activating group) is 2. The minimum absolute atomic E-state index is 0.208. The van der Waals surface area contributed by atoms with Crippen LogP contribution in [0, 0.1) is 11.6 Å². The summed E-state index contributed by atoms with van der Waals surface area (Å²) >= 11 is 0. The molecule has 0 radical (unpaired) electrons. The van der Waals surface area contributed by atoms with E-state index in [1.165, 1.54) is 14.0 Å². The predicted molar refractivity (Wildman–Crippen MR) is 99.5 cm³/mol. The van der Waals surface area contributed by atoms with E-state index in [0.29, 0.717) is 18.0 Å². The third kappa shape index (κ3) is 4.36. The normalized spacial score (nSPS) is 18.6. The van der Waals surface area contributed by atoms with Crippen molar-refractivity contribution in [3.05, 3.63) is 35.4 Å². The van der Waals surface area contributed by atoms with E-state index in [4.69, 9.17) is 0 Å². The van der Waals surface area contributed by atoms with Crippen molar-refractivity contribution in [2.75, 3.05) is 33.2 Å². The lowest BCUT2D eigenvalue weighted by Crippen LogP contribution is -2.46. The number of carbonyl (C=O) groups is 4. The molecule has 5 amide bonds. The molecular weight excluding hydrogens is 386 g/mol. The Labute approximate surface area is 167 Å². The molecule has 1 fully saturated rings. The average molecular weight is 410 g/mol. The number of benzene rings is 1. The molecule has 1 saturated heterocycles. The van der Waals surface area contributed by atoms with Crippen LogP contribution < -0.4 is 5.32 Å². The Kier molecular flexibility index (Phi) is 6.55. The van der Waals surface area contributed by atoms with Gasteiger partial charge in [-0.25, -0.2) is 13.6 Å². The number of rotatable bonds is 7. The van der Waals surface area contributed by atoms with Crippen LogP contribution in [-0.2, 0) is 19.9 Å². The molecule has 1 N–H and O–H groups in total. The Morgan fingerprint density at radius 1 is 1.14 bits per heavy atom. The SMILES string of the molecule is CCN(CC)C(=O)CN(C)C(=O)CN1C(=O)N[C@](C)(c2cc(F)ccc2F)C1=O. The predicted octanol–water partition coefficient (Wildman–Crippen LogP) is 1.06. The van der Waals surface area contributed by atoms with Crippen LogP contribution >= 0.6 is 0 Å². The largest absolute Gasteiger partial charge is 0.342 e. The molecule has 0 aromatic heterocycles. The zero-order valence-electron chi connectivity index (χ0n) is 16.8. The molecule has 1 heterocycles. The van der Waals surface area contributed by atoms with Crippen LogP contribution in [0.3, 0.4) is 0 Å². The van der Waals surface area contributed by atoms with E-state index in [9.17, 15) is 28.0 Å². The number of hydrogen-bond acceptors (Lipinski definition) is 4. The van der Waals surface area contributed by atoms with E-state index in [0.717, 1.165) is 23.1 Å². The monoisotopic (exact) mass is 410 g/mol. The molecule has 1 atom stereocenters. The summed E-state index contributed by atoms with van der Waals surface area (Å²) < 4.78 is 27.7. The van der Waals surface area contributed by atoms with Crippen molar-refractivity contribution >= 4 is 23.8 Å². The molecule has 0 spiro atoms. The maximum Gasteiger partial charge on any atom is 0.325 e. The van der Waals surface area contributed by atoms with Crippen LogP contribution in [0.15, 0.2) is 18.2 Å². The molecule has 158 valence electrons. The van der Waals surface area contributed by atoms with Crippen molar-refractivity contribution in [3.8, 4) is 0 Å². The minimum Gasteiger partial charge on any atom is -0.342 e. The fourth-order valence-electron chi connectivity index (χ4n) is 3.13. The van der Waals surface area contributed by atoms with Gasteiger partial charge in [-0.3, -0.25) is 19.3 Å². The Hall–Kier alpha value is -3.04. The summed E-state index contributed by atoms with van der Waals surface area (Å²) in [6.45, 7) is 5.00. The van der Waals surface area contributed by atoms with Crippen molar-refractivity contribution in [2.24, 2.45) is 0 Å². The minimum atomic E-state index is -1.85. The lowest BCUT2D eigenvalue weighted by atomic mass is 9.91. The fourth-order valence-corrected chi connectivity index (χ4v) is 3.13. The molecule has 1 aliphatic rings. The van der Waals surface area contributed by atoms with Crippen LogP contribution in [0.25, 0.3) is 0 Å². The van der Waals surface area contributed by atoms with Crippen molar-refractivity contribution in [1.82, 2.24) is 20.0 Å². The molecule has 0 bridgehead atoms. The Balaban J connectivity index is 2.15. The van der Waals surface area contributed by atoms with Gasteiger partial charge in [0.1, 0.15) is 23.7 Å². The molecule has 0 aliphatic carbocycles. The number of halogens is 2. The van der Waals surface area contributed by atoms with Gasteiger partial charge in [-0.1, -0.05) is 0 Å². The molecular formula is C19H24F2N4O4. The van der Waals surface area contributed by atoms with Crippen molar-refractivity contribution in [1.29, 1.82) is 0 Å². The van der Waals surface area contributed by atoms with Crippen LogP contribution in [0.1, 0.15) is 26.3 Å². The number of hydrogen-bond donors (Lipinski definition) is 1. The number of nitrogens with zero attached hydrogens (tertiary/aromatic N) is 3. The zero-order valence-corrected chi connectivity index (χ0v) is 16.8. The maximum absolute atomic E-state index is 14.2. The zero-order chi connectivity index (χ0) is 21.9. The number of carbonyl (C=O) groups excluding carboxylic acids is 4. The summed E-state index contributed by atoms with van der Waals surface area (Å²) in [6.07, 6.45) is 0. The highest BCUT2D eigenvalue weighted by Crippen LogP contribution is 2.31. The van der Waals surface area contributed by atoms with Crippen LogP contribution in [0.2, 0.25) is 0 Å². The smallest absolute Gasteiger partial charge is 0.325 e. The van der Waals surface area contributed by atoms with Gasteiger partial charge in [0, 0.05) is 25.7 Å². The number of nitrogens with one attached hydrogen (secondary N) is 1. The third-order valence-electron chi connectivity index (χ3n) is 4.95. The molecule has 8 nitrogen and oxygen atoms in total. The molecule has 2 rings (SSSR count). The second-order valence-electron chi connectivity index (χ2n) is 6.89. The van der Waals surface area contributed by atoms with Gasteiger partial charge in [0.05, 0.1) is 6.54 Å². The van der Waals surface area contributed by atoms with E-state index in [-0.39, 0.29) is 18.0 Å². The summed E-state index contributed by atoms with van der Waals surface area (Å²) in [7, 11) is 1.38. The summed E-state index contributed by atoms with van der Waals surface area (Å²) in [5, 5.41) is 2.32. The van der Waals surface area contributed by atoms with E-state index in [1.807, 2.05) is 13.8 Å². The standard InChI is InChI=1S/C19H24F2N4O4/c1-5-24(6-2)16(27)10-23(4)15(26)11-25-17(28)19(3,22-18(25)29)13-9-12(20)7-8-14(13)21/h7-9H,5-6,10-11H2,1-4H3,(H,22,29)/t19-/m1/s1. The highest BCUT2D eigenvalue weighted by molar-refractivity contribution is 6.09. The lowest BCUT2D eigenvalue weighted by Gasteiger charge is -2.25. The second-order valence-corrected chi connectivity index (χ2v) is 6.89. The highest BCUT2D eigenvalue weighted by Gasteiger charge is 2.51. The Morgan fingerprint density at radius 2 is 1.76 bits per heavy atom. The van der Waals surface area contributed by atoms with Crippen LogP contribution in [0.4, 0.5) is 13.6 Å². The fraction of sp³-hybridized carbons (Fsp3) is 0.474. The maximum atomic E-state index is 14.2. The third-order valence-corrected chi connectivity index (χ3v) is 4.95. The number of imide groups is 1. The van der Waals surface area contributed by atoms with Crippen LogP contribution in [-0.4, -0.2) is 71.7 Å². The lowest BCUT2D eigenvalue weighted by molar-refractivity contribution is -0.141. The van der Waals surface area contributed by atoms with E-state index in [2.05, 4.69) is 5.32 Å². The van der Waals surface area contributed by atoms with Crippen molar-refractivity contribution in [3.63, 3.8) is 0 Å². The molecule has 0 unspecified atom stereocenters. The number of amides is 5. The quantitative estimate of drug-likeness (QED) is 0.681. The first-order chi connectivity index (χ1) is 13.5. The van der Waals surface area contributed by atoms with E-state index in [1.54, 1.807) is 4.90 Å². The van der Waals surface area contributed by atoms with Gasteiger partial charge < -0.3 is 15.1 Å². The van der Waals surface area contributed by atoms with Gasteiger partial charge in [-0.15, -0.1) is 0 Å². The first-order valence-corrected chi connectivity index (χ1v) is 9.16. The van der Waals surface area contributed by atoms with Gasteiger partial charge in [-0.2, -0.15) is 0 Å². The Morgan fingerprint density at radius 3 is 2.34 bits per heavy atom. The van der Waals surface area contributed by atoms with Crippen molar-refractivity contribution < 1.29 is 28.0 Å². The van der Waals surface area contributed by atoms with Crippen molar-refractivity contribution in [2.45, 2.75) is 26.3 Å². The highest BCUT2D eigenvalue weighted by atomic mass is 19.1. The first-order valence-electron chi connectivity index (χ1n) is 9.16. The molecule has 1 aromatic rings. The second kappa shape index (κ2) is 8.54. The molecule has 1 aromatic carbocycles. The summed E-state index contributed by atoms with van der Waals surface area (Å²) in [4.78, 5) is 52.9. The van der Waals surface area contributed by atoms with Gasteiger partial charge in [-0.05, 0) is 39.0 Å². The summed E-state index contributed by atoms with van der Waals surface area (Å²) in [6, 6.07) is 1.67. The van der Waals surface area contributed by atoms with E-state index < -0.39 is 41.6 Å². The Bertz CT molecular complexity index is 843. The van der Waals surface area contributed by atoms with Crippen LogP contribution in [0.5, 0.6) is 0 Å². The number of urea groups is 1. The van der Waals surface area contributed by atoms with Gasteiger partial charge in [0.2, 0.25) is 11.8 Å². The molecule has 29 heavy (non-hydrogen) atoms. The van der Waals surface area contributed by atoms with E-state index >= 15 is 0 Å². The molecule has 10 heteroatoms. The van der Waals surface area contributed by atoms with Gasteiger partial charge in [0.15, 0.2) is 0 Å². The topological polar surface area (TPSA) is 90.0 Å². The summed E-state index contributed by atoms with van der Waals surface area (Å²) in [5.74, 6) is -3.43. The van der Waals surface area contributed by atoms with Gasteiger partial charge >= 0.3 is 6.03 Å². The molecule has 1 aliphatic heterocycles.